The molecule has 0 atom stereocenters. The molecule has 0 radical (unpaired) electrons. The van der Waals surface area contributed by atoms with Crippen LogP contribution in [0, 0.1) is 15.9 Å². The molecular formula is C15H10BrFN2O6. The van der Waals surface area contributed by atoms with Gasteiger partial charge in [-0.05, 0) is 24.3 Å². The van der Waals surface area contributed by atoms with E-state index in [-0.39, 0.29) is 11.5 Å². The van der Waals surface area contributed by atoms with Crippen LogP contribution in [0.25, 0.3) is 0 Å². The number of nitro groups is 1. The quantitative estimate of drug-likeness (QED) is 0.442. The number of hydrogen-bond donors (Lipinski definition) is 1. The predicted molar refractivity (Wildman–Crippen MR) is 86.7 cm³/mol. The van der Waals surface area contributed by atoms with E-state index in [1.54, 1.807) is 0 Å². The maximum absolute atomic E-state index is 13.8. The van der Waals surface area contributed by atoms with E-state index in [1.807, 2.05) is 0 Å². The summed E-state index contributed by atoms with van der Waals surface area (Å²) < 4.78 is 24.2. The minimum Gasteiger partial charge on any atom is -0.454 e. The van der Waals surface area contributed by atoms with Crippen molar-refractivity contribution < 1.29 is 28.4 Å². The molecule has 2 aromatic carbocycles. The largest absolute Gasteiger partial charge is 0.454 e. The van der Waals surface area contributed by atoms with Gasteiger partial charge in [-0.2, -0.15) is 0 Å². The molecular weight excluding hydrogens is 403 g/mol. The van der Waals surface area contributed by atoms with Crippen molar-refractivity contribution in [3.05, 3.63) is 62.4 Å². The second-order valence-corrected chi connectivity index (χ2v) is 5.57. The van der Waals surface area contributed by atoms with Crippen LogP contribution < -0.4 is 10.5 Å². The number of halogens is 2. The fourth-order valence-corrected chi connectivity index (χ4v) is 2.13. The molecule has 0 aliphatic rings. The van der Waals surface area contributed by atoms with Gasteiger partial charge in [-0.1, -0.05) is 15.9 Å². The SMILES string of the molecule is NC(=O)COC(=O)c1cc(Oc2ccc(Br)cc2F)ccc1[N+](=O)[O-]. The Labute approximate surface area is 148 Å². The van der Waals surface area contributed by atoms with E-state index < -0.39 is 40.5 Å². The van der Waals surface area contributed by atoms with Gasteiger partial charge in [0.25, 0.3) is 11.6 Å². The number of rotatable bonds is 6. The number of esters is 1. The van der Waals surface area contributed by atoms with Crippen molar-refractivity contribution in [2.45, 2.75) is 0 Å². The number of carbonyl (C=O) groups is 2. The van der Waals surface area contributed by atoms with Crippen LogP contribution in [0.5, 0.6) is 11.5 Å². The average molecular weight is 413 g/mol. The third-order valence-electron chi connectivity index (χ3n) is 2.85. The van der Waals surface area contributed by atoms with Crippen LogP contribution in [0.1, 0.15) is 10.4 Å². The van der Waals surface area contributed by atoms with Gasteiger partial charge in [0.2, 0.25) is 0 Å². The monoisotopic (exact) mass is 412 g/mol. The molecule has 130 valence electrons. The number of nitrogens with two attached hydrogens (primary N) is 1. The minimum atomic E-state index is -1.13. The summed E-state index contributed by atoms with van der Waals surface area (Å²) in [6, 6.07) is 7.26. The third kappa shape index (κ3) is 4.73. The lowest BCUT2D eigenvalue weighted by atomic mass is 10.1. The standard InChI is InChI=1S/C15H10BrFN2O6/c16-8-1-4-13(11(17)5-8)25-9-2-3-12(19(22)23)10(6-9)15(21)24-7-14(18)20/h1-6H,7H2,(H2,18,20). The van der Waals surface area contributed by atoms with Crippen molar-refractivity contribution in [3.8, 4) is 11.5 Å². The van der Waals surface area contributed by atoms with Crippen molar-refractivity contribution >= 4 is 33.5 Å². The number of nitrogens with zero attached hydrogens (tertiary/aromatic N) is 1. The molecule has 0 bridgehead atoms. The van der Waals surface area contributed by atoms with E-state index in [1.165, 1.54) is 24.3 Å². The van der Waals surface area contributed by atoms with Crippen LogP contribution in [0.3, 0.4) is 0 Å². The lowest BCUT2D eigenvalue weighted by Gasteiger charge is -2.09. The van der Waals surface area contributed by atoms with Crippen LogP contribution in [-0.4, -0.2) is 23.4 Å². The Kier molecular flexibility index (Phi) is 5.65. The molecule has 1 amide bonds. The van der Waals surface area contributed by atoms with E-state index in [0.717, 1.165) is 12.1 Å². The maximum atomic E-state index is 13.8. The Bertz CT molecular complexity index is 858. The third-order valence-corrected chi connectivity index (χ3v) is 3.35. The summed E-state index contributed by atoms with van der Waals surface area (Å²) in [7, 11) is 0. The van der Waals surface area contributed by atoms with Gasteiger partial charge < -0.3 is 15.2 Å². The zero-order chi connectivity index (χ0) is 18.6. The highest BCUT2D eigenvalue weighted by atomic mass is 79.9. The molecule has 0 saturated carbocycles. The van der Waals surface area contributed by atoms with Crippen LogP contribution in [0.2, 0.25) is 0 Å². The zero-order valence-electron chi connectivity index (χ0n) is 12.4. The molecule has 2 rings (SSSR count). The van der Waals surface area contributed by atoms with E-state index in [4.69, 9.17) is 10.5 Å². The molecule has 0 fully saturated rings. The molecule has 0 spiro atoms. The van der Waals surface area contributed by atoms with Gasteiger partial charge in [-0.3, -0.25) is 14.9 Å². The van der Waals surface area contributed by atoms with Gasteiger partial charge in [0.15, 0.2) is 18.2 Å². The summed E-state index contributed by atoms with van der Waals surface area (Å²) in [5.74, 6) is -2.90. The first-order valence-electron chi connectivity index (χ1n) is 6.64. The summed E-state index contributed by atoms with van der Waals surface area (Å²) >= 11 is 3.10. The highest BCUT2D eigenvalue weighted by molar-refractivity contribution is 9.10. The Morgan fingerprint density at radius 1 is 1.24 bits per heavy atom. The fourth-order valence-electron chi connectivity index (χ4n) is 1.80. The molecule has 2 aromatic rings. The first-order valence-corrected chi connectivity index (χ1v) is 7.44. The second kappa shape index (κ2) is 7.71. The maximum Gasteiger partial charge on any atom is 0.345 e. The van der Waals surface area contributed by atoms with Crippen molar-refractivity contribution in [2.75, 3.05) is 6.61 Å². The highest BCUT2D eigenvalue weighted by Crippen LogP contribution is 2.30. The van der Waals surface area contributed by atoms with Gasteiger partial charge in [0.1, 0.15) is 11.3 Å². The van der Waals surface area contributed by atoms with Crippen LogP contribution >= 0.6 is 15.9 Å². The van der Waals surface area contributed by atoms with Crippen molar-refractivity contribution in [1.82, 2.24) is 0 Å². The number of benzene rings is 2. The Balaban J connectivity index is 2.34. The average Bonchev–Trinajstić information content (AvgIpc) is 2.55. The molecule has 0 aromatic heterocycles. The van der Waals surface area contributed by atoms with Gasteiger partial charge >= 0.3 is 5.97 Å². The van der Waals surface area contributed by atoms with Gasteiger partial charge in [-0.25, -0.2) is 9.18 Å². The predicted octanol–water partition coefficient (Wildman–Crippen LogP) is 2.93. The highest BCUT2D eigenvalue weighted by Gasteiger charge is 2.23. The van der Waals surface area contributed by atoms with E-state index >= 15 is 0 Å². The normalized spacial score (nSPS) is 10.2. The van der Waals surface area contributed by atoms with Gasteiger partial charge in [0.05, 0.1) is 4.92 Å². The van der Waals surface area contributed by atoms with Gasteiger partial charge in [-0.15, -0.1) is 0 Å². The number of carbonyl (C=O) groups excluding carboxylic acids is 2. The van der Waals surface area contributed by atoms with Crippen molar-refractivity contribution in [2.24, 2.45) is 5.73 Å². The molecule has 8 nitrogen and oxygen atoms in total. The van der Waals surface area contributed by atoms with Crippen LogP contribution in [0.4, 0.5) is 10.1 Å². The van der Waals surface area contributed by atoms with Crippen molar-refractivity contribution in [1.29, 1.82) is 0 Å². The smallest absolute Gasteiger partial charge is 0.345 e. The molecule has 0 saturated heterocycles. The van der Waals surface area contributed by atoms with E-state index in [9.17, 15) is 24.1 Å². The summed E-state index contributed by atoms with van der Waals surface area (Å²) in [6.45, 7) is -0.734. The van der Waals surface area contributed by atoms with E-state index in [0.29, 0.717) is 4.47 Å². The molecule has 0 heterocycles. The molecule has 0 aliphatic carbocycles. The Hall–Kier alpha value is -3.01. The lowest BCUT2D eigenvalue weighted by Crippen LogP contribution is -2.21. The number of ether oxygens (including phenoxy) is 2. The minimum absolute atomic E-state index is 0.0298. The summed E-state index contributed by atoms with van der Waals surface area (Å²) in [5.41, 5.74) is 3.84. The van der Waals surface area contributed by atoms with E-state index in [2.05, 4.69) is 20.7 Å². The Morgan fingerprint density at radius 3 is 2.56 bits per heavy atom. The lowest BCUT2D eigenvalue weighted by molar-refractivity contribution is -0.385. The first-order chi connectivity index (χ1) is 11.8. The summed E-state index contributed by atoms with van der Waals surface area (Å²) in [4.78, 5) is 32.8. The summed E-state index contributed by atoms with van der Waals surface area (Å²) in [6.07, 6.45) is 0. The topological polar surface area (TPSA) is 122 Å². The number of nitro benzene ring substituents is 1. The number of amides is 1. The van der Waals surface area contributed by atoms with Gasteiger partial charge in [0, 0.05) is 16.6 Å². The molecule has 0 aliphatic heterocycles. The fraction of sp³-hybridized carbons (Fsp3) is 0.0667. The van der Waals surface area contributed by atoms with Crippen LogP contribution in [0.15, 0.2) is 40.9 Å². The summed E-state index contributed by atoms with van der Waals surface area (Å²) in [5, 5.41) is 11.0. The molecule has 10 heteroatoms. The van der Waals surface area contributed by atoms with Crippen molar-refractivity contribution in [3.63, 3.8) is 0 Å². The van der Waals surface area contributed by atoms with Crippen LogP contribution in [-0.2, 0) is 9.53 Å². The zero-order valence-corrected chi connectivity index (χ0v) is 14.0. The number of hydrogen-bond acceptors (Lipinski definition) is 6. The first kappa shape index (κ1) is 18.3. The molecule has 2 N–H and O–H groups in total. The number of primary amides is 1. The molecule has 25 heavy (non-hydrogen) atoms. The molecule has 0 unspecified atom stereocenters. The second-order valence-electron chi connectivity index (χ2n) is 4.66. The Morgan fingerprint density at radius 2 is 1.96 bits per heavy atom.